The highest BCUT2D eigenvalue weighted by atomic mass is 19.1. The van der Waals surface area contributed by atoms with Gasteiger partial charge in [0.25, 0.3) is 5.91 Å². The molecule has 8 heteroatoms. The molecule has 2 N–H and O–H groups in total. The largest absolute Gasteiger partial charge is 0.497 e. The third kappa shape index (κ3) is 3.69. The molecule has 1 aromatic heterocycles. The van der Waals surface area contributed by atoms with E-state index in [9.17, 15) is 9.18 Å². The van der Waals surface area contributed by atoms with Crippen LogP contribution in [0.15, 0.2) is 36.4 Å². The first-order valence-corrected chi connectivity index (χ1v) is 7.86. The van der Waals surface area contributed by atoms with E-state index in [1.165, 1.54) is 14.2 Å². The molecule has 1 amide bonds. The van der Waals surface area contributed by atoms with Crippen LogP contribution in [0.25, 0.3) is 10.9 Å². The summed E-state index contributed by atoms with van der Waals surface area (Å²) < 4.78 is 27.9. The van der Waals surface area contributed by atoms with Crippen LogP contribution in [0, 0.1) is 0 Å². The Labute approximate surface area is 149 Å². The van der Waals surface area contributed by atoms with Crippen LogP contribution in [0.1, 0.15) is 10.4 Å². The first-order valence-electron chi connectivity index (χ1n) is 7.86. The van der Waals surface area contributed by atoms with Gasteiger partial charge in [0.05, 0.1) is 19.7 Å². The molecule has 0 saturated heterocycles. The predicted molar refractivity (Wildman–Crippen MR) is 95.1 cm³/mol. The van der Waals surface area contributed by atoms with Crippen molar-refractivity contribution in [2.45, 2.75) is 0 Å². The van der Waals surface area contributed by atoms with E-state index in [1.807, 2.05) is 0 Å². The second kappa shape index (κ2) is 7.73. The lowest BCUT2D eigenvalue weighted by Gasteiger charge is -2.08. The Morgan fingerprint density at radius 3 is 2.50 bits per heavy atom. The van der Waals surface area contributed by atoms with Gasteiger partial charge in [0.2, 0.25) is 0 Å². The number of fused-ring (bicyclic) bond motifs is 1. The fraction of sp³-hybridized carbons (Fsp3) is 0.222. The molecule has 2 aromatic carbocycles. The minimum atomic E-state index is -0.579. The van der Waals surface area contributed by atoms with Crippen LogP contribution in [0.2, 0.25) is 0 Å². The fourth-order valence-corrected chi connectivity index (χ4v) is 2.45. The number of carbonyl (C=O) groups is 1. The van der Waals surface area contributed by atoms with Crippen molar-refractivity contribution in [1.29, 1.82) is 0 Å². The molecule has 3 rings (SSSR count). The number of nitrogens with zero attached hydrogens (tertiary/aromatic N) is 1. The van der Waals surface area contributed by atoms with Gasteiger partial charge in [-0.25, -0.2) is 4.39 Å². The summed E-state index contributed by atoms with van der Waals surface area (Å²) in [4.78, 5) is 12.6. The van der Waals surface area contributed by atoms with Crippen molar-refractivity contribution in [3.8, 4) is 17.2 Å². The Kier molecular flexibility index (Phi) is 5.21. The van der Waals surface area contributed by atoms with E-state index in [4.69, 9.17) is 14.2 Å². The summed E-state index contributed by atoms with van der Waals surface area (Å²) in [5.41, 5.74) is 1.08. The molecule has 26 heavy (non-hydrogen) atoms. The van der Waals surface area contributed by atoms with E-state index in [0.29, 0.717) is 34.0 Å². The number of nitrogens with one attached hydrogen (secondary N) is 2. The van der Waals surface area contributed by atoms with Gasteiger partial charge in [-0.3, -0.25) is 9.89 Å². The Morgan fingerprint density at radius 1 is 1.12 bits per heavy atom. The zero-order chi connectivity index (χ0) is 18.5. The molecule has 0 atom stereocenters. The van der Waals surface area contributed by atoms with Crippen LogP contribution in [0.5, 0.6) is 17.2 Å². The molecule has 0 unspecified atom stereocenters. The van der Waals surface area contributed by atoms with E-state index < -0.39 is 6.67 Å². The normalized spacial score (nSPS) is 10.6. The lowest BCUT2D eigenvalue weighted by atomic mass is 10.1. The Bertz CT molecular complexity index is 904. The number of rotatable bonds is 7. The first kappa shape index (κ1) is 17.5. The van der Waals surface area contributed by atoms with Crippen molar-refractivity contribution in [3.63, 3.8) is 0 Å². The van der Waals surface area contributed by atoms with E-state index >= 15 is 0 Å². The molecule has 0 aliphatic heterocycles. The van der Waals surface area contributed by atoms with Crippen LogP contribution in [-0.4, -0.2) is 43.6 Å². The molecular formula is C18H18FN3O4. The van der Waals surface area contributed by atoms with E-state index in [-0.39, 0.29) is 12.5 Å². The number of aromatic nitrogens is 2. The summed E-state index contributed by atoms with van der Waals surface area (Å²) in [6, 6.07) is 10.0. The molecule has 0 spiro atoms. The van der Waals surface area contributed by atoms with Crippen molar-refractivity contribution >= 4 is 22.6 Å². The average molecular weight is 359 g/mol. The van der Waals surface area contributed by atoms with Crippen LogP contribution in [0.4, 0.5) is 10.2 Å². The van der Waals surface area contributed by atoms with Gasteiger partial charge in [0.1, 0.15) is 30.5 Å². The van der Waals surface area contributed by atoms with Crippen molar-refractivity contribution in [3.05, 3.63) is 42.0 Å². The zero-order valence-electron chi connectivity index (χ0n) is 14.3. The van der Waals surface area contributed by atoms with E-state index in [0.717, 1.165) is 5.52 Å². The number of anilines is 1. The quantitative estimate of drug-likeness (QED) is 0.677. The number of carbonyl (C=O) groups excluding carboxylic acids is 1. The summed E-state index contributed by atoms with van der Waals surface area (Å²) in [6.07, 6.45) is 0. The van der Waals surface area contributed by atoms with Gasteiger partial charge in [-0.1, -0.05) is 0 Å². The smallest absolute Gasteiger partial charge is 0.257 e. The van der Waals surface area contributed by atoms with Crippen molar-refractivity contribution < 1.29 is 23.4 Å². The highest BCUT2D eigenvalue weighted by Crippen LogP contribution is 2.27. The summed E-state index contributed by atoms with van der Waals surface area (Å²) in [7, 11) is 3.02. The van der Waals surface area contributed by atoms with Crippen molar-refractivity contribution in [2.75, 3.05) is 32.8 Å². The number of aromatic amines is 1. The Morgan fingerprint density at radius 2 is 1.85 bits per heavy atom. The summed E-state index contributed by atoms with van der Waals surface area (Å²) in [5.74, 6) is 1.48. The Balaban J connectivity index is 1.87. The monoisotopic (exact) mass is 359 g/mol. The van der Waals surface area contributed by atoms with Crippen LogP contribution in [0.3, 0.4) is 0 Å². The van der Waals surface area contributed by atoms with E-state index in [1.54, 1.807) is 36.4 Å². The number of H-pyrrole nitrogens is 1. The standard InChI is InChI=1S/C18H18FN3O4/c1-24-13-7-11(8-14(9-13)25-2)18(23)20-17-15-10-12(26-6-5-19)3-4-16(15)21-22-17/h3-4,7-10H,5-6H2,1-2H3,(H2,20,21,22,23). The van der Waals surface area contributed by atoms with Gasteiger partial charge in [-0.15, -0.1) is 0 Å². The number of benzene rings is 2. The number of halogens is 1. The number of hydrogen-bond donors (Lipinski definition) is 2. The first-order chi connectivity index (χ1) is 12.6. The number of alkyl halides is 1. The van der Waals surface area contributed by atoms with Crippen LogP contribution >= 0.6 is 0 Å². The molecule has 7 nitrogen and oxygen atoms in total. The van der Waals surface area contributed by atoms with Gasteiger partial charge >= 0.3 is 0 Å². The topological polar surface area (TPSA) is 85.5 Å². The van der Waals surface area contributed by atoms with Crippen molar-refractivity contribution in [2.24, 2.45) is 0 Å². The molecular weight excluding hydrogens is 341 g/mol. The Hall–Kier alpha value is -3.29. The SMILES string of the molecule is COc1cc(OC)cc(C(=O)Nc2n[nH]c3ccc(OCCF)cc23)c1. The van der Waals surface area contributed by atoms with Crippen LogP contribution in [-0.2, 0) is 0 Å². The third-order valence-corrected chi connectivity index (χ3v) is 3.73. The lowest BCUT2D eigenvalue weighted by Crippen LogP contribution is -2.12. The zero-order valence-corrected chi connectivity index (χ0v) is 14.3. The highest BCUT2D eigenvalue weighted by Gasteiger charge is 2.14. The minimum Gasteiger partial charge on any atom is -0.497 e. The number of hydrogen-bond acceptors (Lipinski definition) is 5. The molecule has 3 aromatic rings. The van der Waals surface area contributed by atoms with Gasteiger partial charge in [0, 0.05) is 17.0 Å². The molecule has 0 bridgehead atoms. The second-order valence-electron chi connectivity index (χ2n) is 5.37. The minimum absolute atomic E-state index is 0.0331. The van der Waals surface area contributed by atoms with Crippen molar-refractivity contribution in [1.82, 2.24) is 10.2 Å². The molecule has 0 aliphatic carbocycles. The molecule has 1 heterocycles. The van der Waals surface area contributed by atoms with Gasteiger partial charge in [-0.05, 0) is 30.3 Å². The highest BCUT2D eigenvalue weighted by molar-refractivity contribution is 6.08. The fourth-order valence-electron chi connectivity index (χ4n) is 2.45. The predicted octanol–water partition coefficient (Wildman–Crippen LogP) is 3.18. The molecule has 136 valence electrons. The summed E-state index contributed by atoms with van der Waals surface area (Å²) in [5, 5.41) is 10.4. The average Bonchev–Trinajstić information content (AvgIpc) is 3.07. The molecule has 0 saturated carbocycles. The maximum absolute atomic E-state index is 12.6. The summed E-state index contributed by atoms with van der Waals surface area (Å²) in [6.45, 7) is -0.612. The third-order valence-electron chi connectivity index (χ3n) is 3.73. The molecule has 0 radical (unpaired) electrons. The number of methoxy groups -OCH3 is 2. The van der Waals surface area contributed by atoms with Gasteiger partial charge in [0.15, 0.2) is 5.82 Å². The number of ether oxygens (including phenoxy) is 3. The summed E-state index contributed by atoms with van der Waals surface area (Å²) >= 11 is 0. The lowest BCUT2D eigenvalue weighted by molar-refractivity contribution is 0.102. The van der Waals surface area contributed by atoms with Gasteiger partial charge in [-0.2, -0.15) is 5.10 Å². The molecule has 0 fully saturated rings. The van der Waals surface area contributed by atoms with Gasteiger partial charge < -0.3 is 19.5 Å². The maximum Gasteiger partial charge on any atom is 0.257 e. The molecule has 0 aliphatic rings. The van der Waals surface area contributed by atoms with Crippen LogP contribution < -0.4 is 19.5 Å². The number of amides is 1. The second-order valence-corrected chi connectivity index (χ2v) is 5.37. The van der Waals surface area contributed by atoms with E-state index in [2.05, 4.69) is 15.5 Å². The maximum atomic E-state index is 12.6.